The Kier molecular flexibility index (Phi) is 9.25. The fourth-order valence-corrected chi connectivity index (χ4v) is 3.01. The summed E-state index contributed by atoms with van der Waals surface area (Å²) in [5, 5.41) is 22.3. The van der Waals surface area contributed by atoms with Gasteiger partial charge in [-0.2, -0.15) is 0 Å². The molecule has 1 unspecified atom stereocenters. The zero-order valence-electron chi connectivity index (χ0n) is 18.8. The molecule has 32 heavy (non-hydrogen) atoms. The zero-order chi connectivity index (χ0) is 24.8. The molecule has 0 saturated carbocycles. The van der Waals surface area contributed by atoms with Crippen LogP contribution in [0.1, 0.15) is 63.9 Å². The van der Waals surface area contributed by atoms with Crippen LogP contribution in [-0.2, 0) is 4.74 Å². The third-order valence-electron chi connectivity index (χ3n) is 3.75. The number of amides is 3. The summed E-state index contributed by atoms with van der Waals surface area (Å²) in [4.78, 5) is 34.9. The average Bonchev–Trinajstić information content (AvgIpc) is 2.59. The van der Waals surface area contributed by atoms with Gasteiger partial charge in [-0.1, -0.05) is 11.6 Å². The van der Waals surface area contributed by atoms with Gasteiger partial charge in [-0.05, 0) is 47.6 Å². The van der Waals surface area contributed by atoms with Crippen molar-refractivity contribution in [1.29, 1.82) is 5.41 Å². The Morgan fingerprint density at radius 1 is 1.22 bits per heavy atom. The van der Waals surface area contributed by atoms with Crippen molar-refractivity contribution in [2.75, 3.05) is 5.32 Å². The minimum atomic E-state index is -1.51. The van der Waals surface area contributed by atoms with Crippen molar-refractivity contribution in [3.63, 3.8) is 0 Å². The van der Waals surface area contributed by atoms with Crippen molar-refractivity contribution < 1.29 is 28.6 Å². The fraction of sp³-hybridized carbons (Fsp3) is 0.500. The quantitative estimate of drug-likeness (QED) is 0.261. The number of hydrazine groups is 1. The van der Waals surface area contributed by atoms with Gasteiger partial charge >= 0.3 is 12.2 Å². The van der Waals surface area contributed by atoms with Crippen LogP contribution in [0.5, 0.6) is 0 Å². The highest BCUT2D eigenvalue weighted by Crippen LogP contribution is 2.34. The lowest BCUT2D eigenvalue weighted by Gasteiger charge is -2.23. The molecular formula is C20H29ClFN5O5. The lowest BCUT2D eigenvalue weighted by Crippen LogP contribution is -2.41. The van der Waals surface area contributed by atoms with Gasteiger partial charge in [-0.15, -0.1) is 0 Å². The average molecular weight is 474 g/mol. The Hall–Kier alpha value is -3.08. The number of ether oxygens (including phenoxy) is 1. The summed E-state index contributed by atoms with van der Waals surface area (Å²) in [6, 6.07) is 0.0782. The third-order valence-corrected chi connectivity index (χ3v) is 4.13. The molecule has 0 heterocycles. The Bertz CT molecular complexity index is 901. The molecule has 0 aliphatic rings. The van der Waals surface area contributed by atoms with Gasteiger partial charge in [0, 0.05) is 24.2 Å². The maximum Gasteiger partial charge on any atom is 0.423 e. The molecule has 0 fully saturated rings. The summed E-state index contributed by atoms with van der Waals surface area (Å²) in [6.45, 7) is 10.3. The topological polar surface area (TPSA) is 153 Å². The lowest BCUT2D eigenvalue weighted by molar-refractivity contribution is 0.0510. The largest absolute Gasteiger partial charge is 0.464 e. The van der Waals surface area contributed by atoms with Crippen LogP contribution in [0.3, 0.4) is 0 Å². The molecule has 1 atom stereocenters. The Balaban J connectivity index is 3.19. The molecule has 0 aliphatic heterocycles. The number of benzene rings is 1. The number of nitrogens with one attached hydrogen (secondary N) is 5. The smallest absolute Gasteiger partial charge is 0.423 e. The normalized spacial score (nSPS) is 12.0. The van der Waals surface area contributed by atoms with Crippen molar-refractivity contribution in [2.45, 2.75) is 65.6 Å². The number of carbonyl (C=O) groups excluding carboxylic acids is 2. The van der Waals surface area contributed by atoms with Gasteiger partial charge in [-0.25, -0.2) is 19.4 Å². The van der Waals surface area contributed by atoms with Gasteiger partial charge in [0.05, 0.1) is 21.8 Å². The molecule has 3 amide bonds. The monoisotopic (exact) mass is 473 g/mol. The molecule has 1 rings (SSSR count). The lowest BCUT2D eigenvalue weighted by atomic mass is 9.99. The summed E-state index contributed by atoms with van der Waals surface area (Å²) < 4.78 is 20.1. The minimum absolute atomic E-state index is 0.0419. The van der Waals surface area contributed by atoms with E-state index in [9.17, 15) is 18.8 Å². The maximum atomic E-state index is 14.9. The van der Waals surface area contributed by atoms with E-state index in [-0.39, 0.29) is 40.0 Å². The fourth-order valence-electron chi connectivity index (χ4n) is 2.65. The van der Waals surface area contributed by atoms with Crippen molar-refractivity contribution >= 4 is 41.1 Å². The Labute approximate surface area is 190 Å². The van der Waals surface area contributed by atoms with E-state index in [0.29, 0.717) is 0 Å². The van der Waals surface area contributed by atoms with Crippen molar-refractivity contribution in [3.8, 4) is 0 Å². The summed E-state index contributed by atoms with van der Waals surface area (Å²) in [5.74, 6) is -1.88. The Morgan fingerprint density at radius 2 is 1.81 bits per heavy atom. The van der Waals surface area contributed by atoms with E-state index in [0.717, 1.165) is 6.07 Å². The number of carboxylic acid groups (broad SMARTS) is 1. The van der Waals surface area contributed by atoms with E-state index < -0.39 is 35.6 Å². The summed E-state index contributed by atoms with van der Waals surface area (Å²) in [7, 11) is 0. The van der Waals surface area contributed by atoms with Crippen LogP contribution < -0.4 is 21.5 Å². The van der Waals surface area contributed by atoms with Crippen LogP contribution in [0, 0.1) is 11.2 Å². The van der Waals surface area contributed by atoms with Crippen molar-refractivity contribution in [2.24, 2.45) is 0 Å². The zero-order valence-corrected chi connectivity index (χ0v) is 19.5. The van der Waals surface area contributed by atoms with Gasteiger partial charge in [0.25, 0.3) is 5.91 Å². The molecule has 6 N–H and O–H groups in total. The van der Waals surface area contributed by atoms with E-state index in [1.165, 1.54) is 0 Å². The van der Waals surface area contributed by atoms with E-state index in [1.54, 1.807) is 47.0 Å². The summed E-state index contributed by atoms with van der Waals surface area (Å²) >= 11 is 6.37. The first-order chi connectivity index (χ1) is 14.6. The number of rotatable bonds is 7. The highest BCUT2D eigenvalue weighted by atomic mass is 35.5. The van der Waals surface area contributed by atoms with E-state index in [4.69, 9.17) is 26.9 Å². The maximum absolute atomic E-state index is 14.9. The number of alkyl carbamates (subject to hydrolysis) is 1. The molecule has 0 saturated heterocycles. The predicted octanol–water partition coefficient (Wildman–Crippen LogP) is 3.88. The number of halogens is 2. The highest BCUT2D eigenvalue weighted by molar-refractivity contribution is 6.37. The number of hydrogen-bond acceptors (Lipinski definition) is 6. The minimum Gasteiger partial charge on any atom is -0.464 e. The molecular weight excluding hydrogens is 445 g/mol. The molecule has 0 aromatic heterocycles. The van der Waals surface area contributed by atoms with Crippen molar-refractivity contribution in [3.05, 3.63) is 28.0 Å². The second-order valence-electron chi connectivity index (χ2n) is 8.38. The van der Waals surface area contributed by atoms with Gasteiger partial charge in [0.1, 0.15) is 11.4 Å². The van der Waals surface area contributed by atoms with Gasteiger partial charge < -0.3 is 25.9 Å². The van der Waals surface area contributed by atoms with E-state index >= 15 is 0 Å². The summed E-state index contributed by atoms with van der Waals surface area (Å²) in [6.07, 6.45) is -2.25. The molecule has 10 nitrogen and oxygen atoms in total. The molecule has 0 spiro atoms. The molecule has 0 radical (unpaired) electrons. The molecule has 1 aromatic carbocycles. The first-order valence-corrected chi connectivity index (χ1v) is 10.1. The Morgan fingerprint density at radius 3 is 2.31 bits per heavy atom. The highest BCUT2D eigenvalue weighted by Gasteiger charge is 2.26. The molecule has 0 aliphatic carbocycles. The molecule has 178 valence electrons. The standard InChI is InChI=1S/C20H29ClFN5O5/c1-9(2)24-16-11(17(28)26-27-18(29)30)8-12(22)14(15(16)21)13(23)7-10(3)25-19(31)32-20(4,5)6/h8-10,23-24,27H,7H2,1-6H3,(H,25,31)(H,26,28)(H,29,30). The third kappa shape index (κ3) is 8.22. The van der Waals surface area contributed by atoms with Crippen LogP contribution in [0.15, 0.2) is 6.07 Å². The van der Waals surface area contributed by atoms with Crippen molar-refractivity contribution in [1.82, 2.24) is 16.2 Å². The first kappa shape index (κ1) is 27.0. The summed E-state index contributed by atoms with van der Waals surface area (Å²) in [5.41, 5.74) is 2.26. The van der Waals surface area contributed by atoms with Crippen LogP contribution in [0.25, 0.3) is 0 Å². The number of hydrogen-bond donors (Lipinski definition) is 6. The first-order valence-electron chi connectivity index (χ1n) is 9.77. The second-order valence-corrected chi connectivity index (χ2v) is 8.76. The SMILES string of the molecule is CC(C)Nc1c(C(=O)NNC(=O)O)cc(F)c(C(=N)CC(C)NC(=O)OC(C)(C)C)c1Cl. The number of carbonyl (C=O) groups is 3. The van der Waals surface area contributed by atoms with Crippen LogP contribution in [0.4, 0.5) is 19.7 Å². The van der Waals surface area contributed by atoms with Crippen LogP contribution in [-0.4, -0.2) is 46.6 Å². The molecule has 0 bridgehead atoms. The van der Waals surface area contributed by atoms with Crippen LogP contribution in [0.2, 0.25) is 5.02 Å². The van der Waals surface area contributed by atoms with Gasteiger partial charge in [0.15, 0.2) is 0 Å². The second kappa shape index (κ2) is 11.0. The van der Waals surface area contributed by atoms with Crippen LogP contribution >= 0.6 is 11.6 Å². The predicted molar refractivity (Wildman–Crippen MR) is 119 cm³/mol. The van der Waals surface area contributed by atoms with E-state index in [1.807, 2.05) is 5.43 Å². The number of anilines is 1. The molecule has 1 aromatic rings. The van der Waals surface area contributed by atoms with Gasteiger partial charge in [0.2, 0.25) is 0 Å². The van der Waals surface area contributed by atoms with E-state index in [2.05, 4.69) is 10.6 Å². The molecule has 12 heteroatoms. The van der Waals surface area contributed by atoms with Gasteiger partial charge in [-0.3, -0.25) is 10.2 Å².